The Bertz CT molecular complexity index is 620. The van der Waals surface area contributed by atoms with E-state index in [0.717, 1.165) is 26.7 Å². The molecule has 0 saturated heterocycles. The van der Waals surface area contributed by atoms with E-state index in [-0.39, 0.29) is 5.91 Å². The number of anilines is 1. The van der Waals surface area contributed by atoms with Crippen molar-refractivity contribution < 1.29 is 4.79 Å². The first-order valence-corrected chi connectivity index (χ1v) is 6.55. The summed E-state index contributed by atoms with van der Waals surface area (Å²) >= 11 is 1.60. The molecular weight excluding hydrogens is 246 g/mol. The summed E-state index contributed by atoms with van der Waals surface area (Å²) in [5.41, 5.74) is 8.76. The van der Waals surface area contributed by atoms with Crippen LogP contribution in [-0.4, -0.2) is 17.9 Å². The van der Waals surface area contributed by atoms with Crippen molar-refractivity contribution in [3.63, 3.8) is 0 Å². The molecule has 0 fully saturated rings. The van der Waals surface area contributed by atoms with Crippen LogP contribution in [0.1, 0.15) is 10.6 Å². The molecule has 4 nitrogen and oxygen atoms in total. The number of thiazole rings is 1. The van der Waals surface area contributed by atoms with E-state index >= 15 is 0 Å². The fraction of sp³-hybridized carbons (Fsp3) is 0.231. The van der Waals surface area contributed by atoms with Crippen LogP contribution in [0.15, 0.2) is 24.4 Å². The summed E-state index contributed by atoms with van der Waals surface area (Å²) in [7, 11) is 1.81. The van der Waals surface area contributed by atoms with E-state index in [0.29, 0.717) is 13.0 Å². The van der Waals surface area contributed by atoms with Crippen LogP contribution >= 0.6 is 11.3 Å². The number of nitrogens with zero attached hydrogens (tertiary/aromatic N) is 2. The largest absolute Gasteiger partial charge is 0.325 e. The molecule has 2 heterocycles. The number of carbonyl (C=O) groups is 1. The smallest absolute Gasteiger partial charge is 0.231 e. The van der Waals surface area contributed by atoms with Gasteiger partial charge in [-0.25, -0.2) is 4.98 Å². The maximum Gasteiger partial charge on any atom is 0.231 e. The van der Waals surface area contributed by atoms with E-state index in [4.69, 9.17) is 5.73 Å². The van der Waals surface area contributed by atoms with Crippen molar-refractivity contribution in [1.29, 1.82) is 0 Å². The van der Waals surface area contributed by atoms with Crippen LogP contribution in [-0.2, 0) is 17.8 Å². The van der Waals surface area contributed by atoms with Gasteiger partial charge in [-0.15, -0.1) is 11.3 Å². The number of hydrogen-bond acceptors (Lipinski definition) is 4. The zero-order chi connectivity index (χ0) is 12.7. The second-order valence-corrected chi connectivity index (χ2v) is 5.41. The number of fused-ring (bicyclic) bond motifs is 1. The predicted molar refractivity (Wildman–Crippen MR) is 72.6 cm³/mol. The van der Waals surface area contributed by atoms with Gasteiger partial charge in [0, 0.05) is 25.5 Å². The van der Waals surface area contributed by atoms with Gasteiger partial charge in [0.25, 0.3) is 0 Å². The molecule has 0 bridgehead atoms. The first-order chi connectivity index (χ1) is 8.69. The van der Waals surface area contributed by atoms with Gasteiger partial charge in [-0.2, -0.15) is 0 Å². The number of hydrogen-bond donors (Lipinski definition) is 1. The standard InChI is InChI=1S/C13H13N3OS/c1-16-10-3-2-8(4-9(10)5-13(16)17)11-7-15-12(6-14)18-11/h2-4,7H,5-6,14H2,1H3. The van der Waals surface area contributed by atoms with E-state index in [1.165, 1.54) is 0 Å². The monoisotopic (exact) mass is 259 g/mol. The molecule has 0 aliphatic carbocycles. The maximum atomic E-state index is 11.6. The third kappa shape index (κ3) is 1.72. The molecule has 0 unspecified atom stereocenters. The molecule has 1 aliphatic rings. The summed E-state index contributed by atoms with van der Waals surface area (Å²) in [6.07, 6.45) is 2.33. The van der Waals surface area contributed by atoms with Gasteiger partial charge < -0.3 is 10.6 Å². The number of amides is 1. The highest BCUT2D eigenvalue weighted by Crippen LogP contribution is 2.33. The highest BCUT2D eigenvalue weighted by atomic mass is 32.1. The summed E-state index contributed by atoms with van der Waals surface area (Å²) in [5.74, 6) is 0.147. The number of likely N-dealkylation sites (N-methyl/N-ethyl adjacent to an activating group) is 1. The molecule has 1 amide bonds. The van der Waals surface area contributed by atoms with E-state index in [1.807, 2.05) is 25.4 Å². The lowest BCUT2D eigenvalue weighted by molar-refractivity contribution is -0.117. The Kier molecular flexibility index (Phi) is 2.65. The number of carbonyl (C=O) groups excluding carboxylic acids is 1. The number of rotatable bonds is 2. The Balaban J connectivity index is 2.01. The van der Waals surface area contributed by atoms with Crippen molar-refractivity contribution in [2.24, 2.45) is 5.73 Å². The lowest BCUT2D eigenvalue weighted by atomic mass is 10.1. The van der Waals surface area contributed by atoms with Crippen molar-refractivity contribution in [2.75, 3.05) is 11.9 Å². The van der Waals surface area contributed by atoms with Crippen LogP contribution < -0.4 is 10.6 Å². The zero-order valence-electron chi connectivity index (χ0n) is 10.0. The quantitative estimate of drug-likeness (QED) is 0.894. The van der Waals surface area contributed by atoms with Gasteiger partial charge >= 0.3 is 0 Å². The Morgan fingerprint density at radius 3 is 3.06 bits per heavy atom. The Morgan fingerprint density at radius 2 is 2.33 bits per heavy atom. The van der Waals surface area contributed by atoms with Gasteiger partial charge in [0.15, 0.2) is 0 Å². The zero-order valence-corrected chi connectivity index (χ0v) is 10.8. The average molecular weight is 259 g/mol. The van der Waals surface area contributed by atoms with Crippen molar-refractivity contribution in [2.45, 2.75) is 13.0 Å². The van der Waals surface area contributed by atoms with Crippen LogP contribution in [0, 0.1) is 0 Å². The third-order valence-electron chi connectivity index (χ3n) is 3.17. The fourth-order valence-corrected chi connectivity index (χ4v) is 2.95. The van der Waals surface area contributed by atoms with Gasteiger partial charge in [-0.3, -0.25) is 4.79 Å². The average Bonchev–Trinajstić information content (AvgIpc) is 2.95. The van der Waals surface area contributed by atoms with Crippen molar-refractivity contribution in [3.8, 4) is 10.4 Å². The molecule has 2 N–H and O–H groups in total. The van der Waals surface area contributed by atoms with E-state index in [1.54, 1.807) is 16.2 Å². The Morgan fingerprint density at radius 1 is 1.50 bits per heavy atom. The number of nitrogens with two attached hydrogens (primary N) is 1. The van der Waals surface area contributed by atoms with Gasteiger partial charge in [0.05, 0.1) is 11.3 Å². The van der Waals surface area contributed by atoms with Crippen molar-refractivity contribution in [1.82, 2.24) is 4.98 Å². The molecule has 1 aliphatic heterocycles. The Labute approximate surface area is 109 Å². The predicted octanol–water partition coefficient (Wildman–Crippen LogP) is 1.79. The molecule has 1 aromatic carbocycles. The fourth-order valence-electron chi connectivity index (χ4n) is 2.16. The number of benzene rings is 1. The minimum atomic E-state index is 0.147. The van der Waals surface area contributed by atoms with E-state index in [9.17, 15) is 4.79 Å². The van der Waals surface area contributed by atoms with Gasteiger partial charge in [0.1, 0.15) is 5.01 Å². The summed E-state index contributed by atoms with van der Waals surface area (Å²) in [4.78, 5) is 18.7. The molecule has 0 saturated carbocycles. The van der Waals surface area contributed by atoms with Gasteiger partial charge in [-0.05, 0) is 23.3 Å². The third-order valence-corrected chi connectivity index (χ3v) is 4.24. The second-order valence-electron chi connectivity index (χ2n) is 4.30. The van der Waals surface area contributed by atoms with Crippen LogP contribution in [0.3, 0.4) is 0 Å². The van der Waals surface area contributed by atoms with Crippen LogP contribution in [0.2, 0.25) is 0 Å². The number of aromatic nitrogens is 1. The molecule has 1 aromatic heterocycles. The van der Waals surface area contributed by atoms with Gasteiger partial charge in [0.2, 0.25) is 5.91 Å². The summed E-state index contributed by atoms with van der Waals surface area (Å²) in [6, 6.07) is 6.10. The molecule has 92 valence electrons. The van der Waals surface area contributed by atoms with Gasteiger partial charge in [-0.1, -0.05) is 6.07 Å². The Hall–Kier alpha value is -1.72. The molecular formula is C13H13N3OS. The van der Waals surface area contributed by atoms with Crippen LogP contribution in [0.5, 0.6) is 0 Å². The molecule has 0 radical (unpaired) electrons. The summed E-state index contributed by atoms with van der Waals surface area (Å²) in [5, 5.41) is 0.929. The molecule has 2 aromatic rings. The van der Waals surface area contributed by atoms with Crippen LogP contribution in [0.4, 0.5) is 5.69 Å². The van der Waals surface area contributed by atoms with Crippen molar-refractivity contribution >= 4 is 22.9 Å². The van der Waals surface area contributed by atoms with E-state index < -0.39 is 0 Å². The molecule has 0 spiro atoms. The highest BCUT2D eigenvalue weighted by molar-refractivity contribution is 7.15. The second kappa shape index (κ2) is 4.19. The minimum absolute atomic E-state index is 0.147. The summed E-state index contributed by atoms with van der Waals surface area (Å²) in [6.45, 7) is 0.469. The van der Waals surface area contributed by atoms with Crippen molar-refractivity contribution in [3.05, 3.63) is 35.0 Å². The SMILES string of the molecule is CN1C(=O)Cc2cc(-c3cnc(CN)s3)ccc21. The molecule has 18 heavy (non-hydrogen) atoms. The lowest BCUT2D eigenvalue weighted by Gasteiger charge is -2.09. The van der Waals surface area contributed by atoms with Crippen LogP contribution in [0.25, 0.3) is 10.4 Å². The first-order valence-electron chi connectivity index (χ1n) is 5.73. The van der Waals surface area contributed by atoms with E-state index in [2.05, 4.69) is 11.1 Å². The highest BCUT2D eigenvalue weighted by Gasteiger charge is 2.24. The molecule has 3 rings (SSSR count). The summed E-state index contributed by atoms with van der Waals surface area (Å²) < 4.78 is 0. The first kappa shape index (κ1) is 11.4. The lowest BCUT2D eigenvalue weighted by Crippen LogP contribution is -2.20. The molecule has 5 heteroatoms. The normalized spacial score (nSPS) is 14.1. The minimum Gasteiger partial charge on any atom is -0.325 e. The topological polar surface area (TPSA) is 59.2 Å². The maximum absolute atomic E-state index is 11.6. The molecule has 0 atom stereocenters.